The second-order valence-corrected chi connectivity index (χ2v) is 7.67. The van der Waals surface area contributed by atoms with E-state index in [9.17, 15) is 14.7 Å². The van der Waals surface area contributed by atoms with Gasteiger partial charge in [0.25, 0.3) is 5.91 Å². The van der Waals surface area contributed by atoms with E-state index >= 15 is 0 Å². The van der Waals surface area contributed by atoms with Gasteiger partial charge in [0.15, 0.2) is 5.76 Å². The van der Waals surface area contributed by atoms with Crippen molar-refractivity contribution in [2.75, 3.05) is 12.0 Å². The summed E-state index contributed by atoms with van der Waals surface area (Å²) in [5.74, 6) is -0.963. The maximum atomic E-state index is 13.3. The van der Waals surface area contributed by atoms with Crippen LogP contribution >= 0.6 is 11.3 Å². The highest BCUT2D eigenvalue weighted by atomic mass is 32.1. The van der Waals surface area contributed by atoms with Gasteiger partial charge in [-0.1, -0.05) is 42.0 Å². The normalized spacial score (nSPS) is 16.4. The highest BCUT2D eigenvalue weighted by Crippen LogP contribution is 2.44. The zero-order valence-corrected chi connectivity index (χ0v) is 16.8. The first-order chi connectivity index (χ1) is 14.0. The molecule has 1 N–H and O–H groups in total. The van der Waals surface area contributed by atoms with Crippen LogP contribution in [-0.4, -0.2) is 23.9 Å². The number of ether oxygens (including phenoxy) is 1. The predicted molar refractivity (Wildman–Crippen MR) is 113 cm³/mol. The lowest BCUT2D eigenvalue weighted by Gasteiger charge is -2.28. The smallest absolute Gasteiger partial charge is 0.294 e. The molecule has 1 atom stereocenters. The van der Waals surface area contributed by atoms with E-state index in [0.29, 0.717) is 21.9 Å². The Bertz CT molecular complexity index is 1100. The van der Waals surface area contributed by atoms with Crippen LogP contribution in [0.4, 0.5) is 5.69 Å². The van der Waals surface area contributed by atoms with Crippen LogP contribution in [-0.2, 0) is 4.79 Å². The molecule has 2 aromatic carbocycles. The van der Waals surface area contributed by atoms with Crippen LogP contribution < -0.4 is 9.64 Å². The van der Waals surface area contributed by atoms with Crippen LogP contribution in [0.25, 0.3) is 0 Å². The maximum absolute atomic E-state index is 13.3. The Morgan fingerprint density at radius 3 is 2.45 bits per heavy atom. The summed E-state index contributed by atoms with van der Waals surface area (Å²) in [6.45, 7) is 1.95. The molecule has 0 bridgehead atoms. The first kappa shape index (κ1) is 19.0. The number of amides is 1. The minimum Gasteiger partial charge on any atom is -0.503 e. The number of methoxy groups -OCH3 is 1. The topological polar surface area (TPSA) is 66.8 Å². The fourth-order valence-electron chi connectivity index (χ4n) is 3.54. The van der Waals surface area contributed by atoms with E-state index < -0.39 is 17.7 Å². The van der Waals surface area contributed by atoms with Crippen molar-refractivity contribution in [1.29, 1.82) is 0 Å². The molecule has 1 unspecified atom stereocenters. The van der Waals surface area contributed by atoms with E-state index in [1.54, 1.807) is 29.6 Å². The van der Waals surface area contributed by atoms with Crippen molar-refractivity contribution in [2.45, 2.75) is 13.0 Å². The van der Waals surface area contributed by atoms with E-state index in [1.165, 1.54) is 23.3 Å². The number of Topliss-reactive ketones (excluding diaryl/α,β-unsaturated/α-hetero) is 1. The number of anilines is 1. The van der Waals surface area contributed by atoms with Gasteiger partial charge >= 0.3 is 0 Å². The highest BCUT2D eigenvalue weighted by molar-refractivity contribution is 7.12. The van der Waals surface area contributed by atoms with Crippen molar-refractivity contribution in [3.8, 4) is 5.75 Å². The third-order valence-electron chi connectivity index (χ3n) is 4.94. The molecular weight excluding hydrogens is 386 g/mol. The van der Waals surface area contributed by atoms with Crippen LogP contribution in [0, 0.1) is 6.92 Å². The molecule has 1 aliphatic heterocycles. The number of aliphatic hydroxyl groups is 1. The van der Waals surface area contributed by atoms with Crippen LogP contribution in [0.2, 0.25) is 0 Å². The van der Waals surface area contributed by atoms with Crippen LogP contribution in [0.3, 0.4) is 0 Å². The Balaban J connectivity index is 1.92. The number of aryl methyl sites for hydroxylation is 1. The second-order valence-electron chi connectivity index (χ2n) is 6.72. The number of ketones is 1. The molecule has 146 valence electrons. The third kappa shape index (κ3) is 3.21. The van der Waals surface area contributed by atoms with Crippen LogP contribution in [0.1, 0.15) is 26.8 Å². The number of carbonyl (C=O) groups excluding carboxylic acids is 2. The van der Waals surface area contributed by atoms with Crippen molar-refractivity contribution < 1.29 is 19.4 Å². The first-order valence-electron chi connectivity index (χ1n) is 9.07. The fraction of sp³-hybridized carbons (Fsp3) is 0.130. The van der Waals surface area contributed by atoms with Crippen molar-refractivity contribution >= 4 is 28.7 Å². The Kier molecular flexibility index (Phi) is 4.94. The fourth-order valence-corrected chi connectivity index (χ4v) is 4.21. The van der Waals surface area contributed by atoms with Crippen LogP contribution in [0.15, 0.2) is 77.4 Å². The van der Waals surface area contributed by atoms with Gasteiger partial charge in [-0.25, -0.2) is 0 Å². The lowest BCUT2D eigenvalue weighted by molar-refractivity contribution is -0.117. The molecule has 0 radical (unpaired) electrons. The number of nitrogens with zero attached hydrogens (tertiary/aromatic N) is 1. The maximum Gasteiger partial charge on any atom is 0.294 e. The lowest BCUT2D eigenvalue weighted by Crippen LogP contribution is -2.31. The molecule has 0 fully saturated rings. The summed E-state index contributed by atoms with van der Waals surface area (Å²) in [6.07, 6.45) is 0. The van der Waals surface area contributed by atoms with Crippen molar-refractivity contribution in [2.24, 2.45) is 0 Å². The zero-order valence-electron chi connectivity index (χ0n) is 16.0. The van der Waals surface area contributed by atoms with Gasteiger partial charge in [0.1, 0.15) is 5.75 Å². The molecule has 0 saturated carbocycles. The molecule has 29 heavy (non-hydrogen) atoms. The Morgan fingerprint density at radius 1 is 1.07 bits per heavy atom. The molecule has 5 nitrogen and oxygen atoms in total. The molecule has 3 aromatic rings. The molecule has 2 heterocycles. The summed E-state index contributed by atoms with van der Waals surface area (Å²) in [4.78, 5) is 28.3. The SMILES string of the molecule is COc1ccccc1C1C(C(=O)c2cccs2)=C(O)C(=O)N1c1ccc(C)cc1. The van der Waals surface area contributed by atoms with Crippen LogP contribution in [0.5, 0.6) is 5.75 Å². The Labute approximate surface area is 172 Å². The number of hydrogen-bond acceptors (Lipinski definition) is 5. The number of para-hydroxylation sites is 1. The molecule has 0 spiro atoms. The predicted octanol–water partition coefficient (Wildman–Crippen LogP) is 4.85. The van der Waals surface area contributed by atoms with E-state index in [4.69, 9.17) is 4.74 Å². The Morgan fingerprint density at radius 2 is 1.79 bits per heavy atom. The van der Waals surface area contributed by atoms with Gasteiger partial charge in [-0.2, -0.15) is 0 Å². The molecular formula is C23H19NO4S. The minimum absolute atomic E-state index is 0.0579. The van der Waals surface area contributed by atoms with E-state index in [0.717, 1.165) is 5.56 Å². The standard InChI is InChI=1S/C23H19NO4S/c1-14-9-11-15(12-10-14)24-20(16-6-3-4-7-17(16)28-2)19(22(26)23(24)27)21(25)18-8-5-13-29-18/h3-13,20,26H,1-2H3. The number of aliphatic hydroxyl groups excluding tert-OH is 1. The average molecular weight is 405 g/mol. The highest BCUT2D eigenvalue weighted by Gasteiger charge is 2.45. The lowest BCUT2D eigenvalue weighted by atomic mass is 9.94. The zero-order chi connectivity index (χ0) is 20.5. The third-order valence-corrected chi connectivity index (χ3v) is 5.81. The summed E-state index contributed by atoms with van der Waals surface area (Å²) in [5.41, 5.74) is 2.33. The van der Waals surface area contributed by atoms with Gasteiger partial charge in [0, 0.05) is 11.3 Å². The molecule has 0 aliphatic carbocycles. The Hall–Kier alpha value is -3.38. The number of carbonyl (C=O) groups is 2. The van der Waals surface area contributed by atoms with Gasteiger partial charge in [0.2, 0.25) is 5.78 Å². The van der Waals surface area contributed by atoms with Gasteiger partial charge in [-0.3, -0.25) is 14.5 Å². The second kappa shape index (κ2) is 7.56. The molecule has 1 aliphatic rings. The van der Waals surface area contributed by atoms with Gasteiger partial charge < -0.3 is 9.84 Å². The quantitative estimate of drug-likeness (QED) is 0.617. The first-order valence-corrected chi connectivity index (χ1v) is 9.95. The summed E-state index contributed by atoms with van der Waals surface area (Å²) in [7, 11) is 1.54. The number of benzene rings is 2. The van der Waals surface area contributed by atoms with E-state index in [-0.39, 0.29) is 11.4 Å². The molecule has 1 aromatic heterocycles. The summed E-state index contributed by atoms with van der Waals surface area (Å²) in [5, 5.41) is 12.5. The summed E-state index contributed by atoms with van der Waals surface area (Å²) < 4.78 is 5.50. The van der Waals surface area contributed by atoms with Crippen molar-refractivity contribution in [3.05, 3.63) is 93.4 Å². The largest absolute Gasteiger partial charge is 0.503 e. The van der Waals surface area contributed by atoms with E-state index in [2.05, 4.69) is 0 Å². The van der Waals surface area contributed by atoms with Crippen molar-refractivity contribution in [3.63, 3.8) is 0 Å². The van der Waals surface area contributed by atoms with Gasteiger partial charge in [-0.05, 0) is 36.6 Å². The minimum atomic E-state index is -0.795. The number of rotatable bonds is 5. The number of hydrogen-bond donors (Lipinski definition) is 1. The van der Waals surface area contributed by atoms with Gasteiger partial charge in [-0.15, -0.1) is 11.3 Å². The van der Waals surface area contributed by atoms with E-state index in [1.807, 2.05) is 43.3 Å². The molecule has 0 saturated heterocycles. The van der Waals surface area contributed by atoms with Crippen molar-refractivity contribution in [1.82, 2.24) is 0 Å². The van der Waals surface area contributed by atoms with Gasteiger partial charge in [0.05, 0.1) is 23.6 Å². The molecule has 6 heteroatoms. The average Bonchev–Trinajstić information content (AvgIpc) is 3.36. The summed E-state index contributed by atoms with van der Waals surface area (Å²) >= 11 is 1.27. The molecule has 4 rings (SSSR count). The summed E-state index contributed by atoms with van der Waals surface area (Å²) in [6, 6.07) is 17.3. The monoisotopic (exact) mass is 405 g/mol. The number of thiophene rings is 1. The molecule has 1 amide bonds.